The van der Waals surface area contributed by atoms with E-state index in [4.69, 9.17) is 10.7 Å². The Labute approximate surface area is 101 Å². The van der Waals surface area contributed by atoms with E-state index in [2.05, 4.69) is 4.98 Å². The average molecular weight is 372 g/mol. The fourth-order valence-electron chi connectivity index (χ4n) is 0.877. The molecule has 1 aromatic heterocycles. The fourth-order valence-corrected chi connectivity index (χ4v) is 2.82. The molecule has 0 aliphatic heterocycles. The van der Waals surface area contributed by atoms with Gasteiger partial charge in [-0.25, -0.2) is 8.42 Å². The molecule has 0 amide bonds. The molecule has 15 heavy (non-hydrogen) atoms. The van der Waals surface area contributed by atoms with Crippen molar-refractivity contribution in [1.29, 1.82) is 0 Å². The zero-order chi connectivity index (χ0) is 11.9. The van der Waals surface area contributed by atoms with Crippen molar-refractivity contribution in [3.8, 4) is 0 Å². The minimum Gasteiger partial charge on any atom is -0.262 e. The van der Waals surface area contributed by atoms with Crippen LogP contribution in [-0.4, -0.2) is 13.4 Å². The SMILES string of the molecule is O=S(=O)(Cl)c1cncc(I)c1C(F)(F)F. The molecule has 0 aliphatic rings. The lowest BCUT2D eigenvalue weighted by atomic mass is 10.2. The van der Waals surface area contributed by atoms with E-state index in [0.29, 0.717) is 6.20 Å². The Hall–Kier alpha value is -0.0900. The third kappa shape index (κ3) is 2.94. The lowest BCUT2D eigenvalue weighted by Gasteiger charge is -2.11. The molecule has 0 aliphatic carbocycles. The van der Waals surface area contributed by atoms with Gasteiger partial charge < -0.3 is 0 Å². The van der Waals surface area contributed by atoms with Gasteiger partial charge in [-0.2, -0.15) is 13.2 Å². The zero-order valence-electron chi connectivity index (χ0n) is 6.72. The standard InChI is InChI=1S/C6H2ClF3INO2S/c7-15(13,14)4-2-12-1-3(11)5(4)6(8,9)10/h1-2H. The predicted molar refractivity (Wildman–Crippen MR) is 55.0 cm³/mol. The van der Waals surface area contributed by atoms with Gasteiger partial charge in [0, 0.05) is 26.6 Å². The molecule has 0 bridgehead atoms. The highest BCUT2D eigenvalue weighted by Gasteiger charge is 2.39. The van der Waals surface area contributed by atoms with E-state index in [-0.39, 0.29) is 3.57 Å². The molecule has 0 saturated carbocycles. The van der Waals surface area contributed by atoms with Crippen LogP contribution in [0, 0.1) is 3.57 Å². The smallest absolute Gasteiger partial charge is 0.262 e. The molecular weight excluding hydrogens is 369 g/mol. The van der Waals surface area contributed by atoms with Gasteiger partial charge >= 0.3 is 6.18 Å². The highest BCUT2D eigenvalue weighted by atomic mass is 127. The summed E-state index contributed by atoms with van der Waals surface area (Å²) in [6.45, 7) is 0. The van der Waals surface area contributed by atoms with Gasteiger partial charge in [-0.3, -0.25) is 4.98 Å². The van der Waals surface area contributed by atoms with Crippen molar-refractivity contribution >= 4 is 42.3 Å². The number of nitrogens with zero attached hydrogens (tertiary/aromatic N) is 1. The third-order valence-electron chi connectivity index (χ3n) is 1.41. The molecule has 0 aromatic carbocycles. The van der Waals surface area contributed by atoms with Crippen molar-refractivity contribution in [2.24, 2.45) is 0 Å². The van der Waals surface area contributed by atoms with E-state index in [1.165, 1.54) is 22.6 Å². The quantitative estimate of drug-likeness (QED) is 0.563. The van der Waals surface area contributed by atoms with E-state index in [9.17, 15) is 21.6 Å². The van der Waals surface area contributed by atoms with Gasteiger partial charge in [-0.05, 0) is 22.6 Å². The Morgan fingerprint density at radius 2 is 1.87 bits per heavy atom. The largest absolute Gasteiger partial charge is 0.418 e. The molecule has 0 unspecified atom stereocenters. The maximum absolute atomic E-state index is 12.5. The molecule has 84 valence electrons. The normalized spacial score (nSPS) is 12.9. The van der Waals surface area contributed by atoms with Crippen LogP contribution < -0.4 is 0 Å². The molecule has 0 atom stereocenters. The molecule has 0 saturated heterocycles. The van der Waals surface area contributed by atoms with Crippen molar-refractivity contribution < 1.29 is 21.6 Å². The number of pyridine rings is 1. The van der Waals surface area contributed by atoms with Crippen LogP contribution in [-0.2, 0) is 15.2 Å². The second kappa shape index (κ2) is 4.06. The van der Waals surface area contributed by atoms with Crippen LogP contribution in [0.15, 0.2) is 17.3 Å². The molecule has 1 rings (SSSR count). The summed E-state index contributed by atoms with van der Waals surface area (Å²) in [6, 6.07) is 0. The highest BCUT2D eigenvalue weighted by molar-refractivity contribution is 14.1. The van der Waals surface area contributed by atoms with Crippen LogP contribution in [0.3, 0.4) is 0 Å². The summed E-state index contributed by atoms with van der Waals surface area (Å²) in [4.78, 5) is 2.33. The number of hydrogen-bond donors (Lipinski definition) is 0. The first-order valence-corrected chi connectivity index (χ1v) is 6.68. The zero-order valence-corrected chi connectivity index (χ0v) is 10.4. The van der Waals surface area contributed by atoms with Gasteiger partial charge in [-0.15, -0.1) is 0 Å². The maximum atomic E-state index is 12.5. The van der Waals surface area contributed by atoms with Crippen LogP contribution in [0.25, 0.3) is 0 Å². The van der Waals surface area contributed by atoms with E-state index >= 15 is 0 Å². The van der Waals surface area contributed by atoms with Crippen LogP contribution >= 0.6 is 33.3 Å². The van der Waals surface area contributed by atoms with Gasteiger partial charge in [0.15, 0.2) is 0 Å². The van der Waals surface area contributed by atoms with Crippen LogP contribution in [0.5, 0.6) is 0 Å². The first-order valence-electron chi connectivity index (χ1n) is 3.29. The van der Waals surface area contributed by atoms with Gasteiger partial charge in [0.25, 0.3) is 9.05 Å². The highest BCUT2D eigenvalue weighted by Crippen LogP contribution is 2.37. The Morgan fingerprint density at radius 3 is 2.20 bits per heavy atom. The first-order chi connectivity index (χ1) is 6.64. The molecule has 0 fully saturated rings. The van der Waals surface area contributed by atoms with Gasteiger partial charge in [0.05, 0.1) is 5.56 Å². The lowest BCUT2D eigenvalue weighted by Crippen LogP contribution is -2.13. The number of alkyl halides is 3. The van der Waals surface area contributed by atoms with Crippen molar-refractivity contribution in [2.75, 3.05) is 0 Å². The molecular formula is C6H2ClF3INO2S. The Balaban J connectivity index is 3.63. The Morgan fingerprint density at radius 1 is 1.33 bits per heavy atom. The minimum atomic E-state index is -4.78. The average Bonchev–Trinajstić information content (AvgIpc) is 1.99. The summed E-state index contributed by atoms with van der Waals surface area (Å²) in [5.74, 6) is 0. The molecule has 0 spiro atoms. The fraction of sp³-hybridized carbons (Fsp3) is 0.167. The number of halogens is 5. The summed E-state index contributed by atoms with van der Waals surface area (Å²) in [5, 5.41) is 0. The van der Waals surface area contributed by atoms with Gasteiger partial charge in [0.1, 0.15) is 4.90 Å². The first kappa shape index (κ1) is 13.0. The Bertz CT molecular complexity index is 488. The molecule has 0 N–H and O–H groups in total. The molecule has 1 heterocycles. The van der Waals surface area contributed by atoms with E-state index < -0.39 is 25.7 Å². The predicted octanol–water partition coefficient (Wildman–Crippen LogP) is 2.63. The topological polar surface area (TPSA) is 47.0 Å². The van der Waals surface area contributed by atoms with Crippen LogP contribution in [0.2, 0.25) is 0 Å². The van der Waals surface area contributed by atoms with Crippen LogP contribution in [0.1, 0.15) is 5.56 Å². The number of hydrogen-bond acceptors (Lipinski definition) is 3. The third-order valence-corrected chi connectivity index (χ3v) is 3.56. The van der Waals surface area contributed by atoms with Gasteiger partial charge in [0.2, 0.25) is 0 Å². The van der Waals surface area contributed by atoms with E-state index in [1.54, 1.807) is 0 Å². The van der Waals surface area contributed by atoms with Crippen molar-refractivity contribution in [1.82, 2.24) is 4.98 Å². The summed E-state index contributed by atoms with van der Waals surface area (Å²) < 4.78 is 58.9. The second-order valence-corrected chi connectivity index (χ2v) is 6.13. The lowest BCUT2D eigenvalue weighted by molar-refractivity contribution is -0.140. The summed E-state index contributed by atoms with van der Waals surface area (Å²) in [6.07, 6.45) is -3.29. The summed E-state index contributed by atoms with van der Waals surface area (Å²) in [5.41, 5.74) is -1.28. The summed E-state index contributed by atoms with van der Waals surface area (Å²) >= 11 is 1.35. The van der Waals surface area contributed by atoms with E-state index in [0.717, 1.165) is 6.20 Å². The molecule has 1 aromatic rings. The second-order valence-electron chi connectivity index (χ2n) is 2.43. The van der Waals surface area contributed by atoms with E-state index in [1.807, 2.05) is 0 Å². The van der Waals surface area contributed by atoms with Crippen molar-refractivity contribution in [2.45, 2.75) is 11.1 Å². The van der Waals surface area contributed by atoms with Crippen molar-refractivity contribution in [3.05, 3.63) is 21.5 Å². The van der Waals surface area contributed by atoms with Crippen molar-refractivity contribution in [3.63, 3.8) is 0 Å². The Kier molecular flexibility index (Phi) is 3.51. The van der Waals surface area contributed by atoms with Gasteiger partial charge in [-0.1, -0.05) is 0 Å². The number of aromatic nitrogens is 1. The van der Waals surface area contributed by atoms with Crippen LogP contribution in [0.4, 0.5) is 13.2 Å². The molecule has 0 radical (unpaired) electrons. The minimum absolute atomic E-state index is 0.318. The monoisotopic (exact) mass is 371 g/mol. The molecule has 9 heteroatoms. The molecule has 3 nitrogen and oxygen atoms in total. The maximum Gasteiger partial charge on any atom is 0.418 e. The summed E-state index contributed by atoms with van der Waals surface area (Å²) in [7, 11) is 0.416. The number of rotatable bonds is 1.